The van der Waals surface area contributed by atoms with Crippen LogP contribution in [0.15, 0.2) is 53.4 Å². The van der Waals surface area contributed by atoms with Crippen LogP contribution < -0.4 is 4.31 Å². The van der Waals surface area contributed by atoms with E-state index in [1.807, 2.05) is 13.0 Å². The Balaban J connectivity index is 2.44. The molecule has 0 radical (unpaired) electrons. The van der Waals surface area contributed by atoms with Crippen LogP contribution in [0.1, 0.15) is 22.8 Å². The van der Waals surface area contributed by atoms with Crippen molar-refractivity contribution in [3.8, 4) is 0 Å². The van der Waals surface area contributed by atoms with E-state index in [4.69, 9.17) is 5.11 Å². The van der Waals surface area contributed by atoms with E-state index in [9.17, 15) is 13.2 Å². The van der Waals surface area contributed by atoms with Gasteiger partial charge in [-0.1, -0.05) is 12.1 Å². The van der Waals surface area contributed by atoms with Gasteiger partial charge < -0.3 is 5.11 Å². The monoisotopic (exact) mass is 319 g/mol. The first-order valence-corrected chi connectivity index (χ1v) is 8.23. The number of carboxylic acid groups (broad SMARTS) is 1. The molecule has 0 atom stereocenters. The van der Waals surface area contributed by atoms with Gasteiger partial charge in [0.2, 0.25) is 0 Å². The number of carbonyl (C=O) groups is 1. The van der Waals surface area contributed by atoms with Crippen molar-refractivity contribution in [2.75, 3.05) is 10.8 Å². The van der Waals surface area contributed by atoms with Crippen LogP contribution >= 0.6 is 0 Å². The molecule has 2 aromatic carbocycles. The normalized spacial score (nSPS) is 11.2. The first-order chi connectivity index (χ1) is 10.4. The lowest BCUT2D eigenvalue weighted by Crippen LogP contribution is -2.30. The molecule has 0 aromatic heterocycles. The number of aromatic carboxylic acids is 1. The Hall–Kier alpha value is -2.34. The molecule has 0 amide bonds. The number of anilines is 1. The Labute approximate surface area is 129 Å². The van der Waals surface area contributed by atoms with Gasteiger partial charge in [0.25, 0.3) is 10.0 Å². The summed E-state index contributed by atoms with van der Waals surface area (Å²) < 4.78 is 26.8. The number of sulfonamides is 1. The van der Waals surface area contributed by atoms with E-state index in [1.165, 1.54) is 28.6 Å². The smallest absolute Gasteiger partial charge is 0.335 e. The van der Waals surface area contributed by atoms with E-state index in [1.54, 1.807) is 25.1 Å². The predicted molar refractivity (Wildman–Crippen MR) is 84.8 cm³/mol. The van der Waals surface area contributed by atoms with Crippen LogP contribution in [0.5, 0.6) is 0 Å². The minimum absolute atomic E-state index is 0.0533. The molecule has 5 nitrogen and oxygen atoms in total. The van der Waals surface area contributed by atoms with Crippen LogP contribution in [0, 0.1) is 6.92 Å². The van der Waals surface area contributed by atoms with Crippen molar-refractivity contribution in [2.45, 2.75) is 18.7 Å². The average Bonchev–Trinajstić information content (AvgIpc) is 2.48. The van der Waals surface area contributed by atoms with Crippen LogP contribution in [0.4, 0.5) is 5.69 Å². The zero-order chi connectivity index (χ0) is 16.3. The quantitative estimate of drug-likeness (QED) is 0.919. The molecule has 22 heavy (non-hydrogen) atoms. The summed E-state index contributed by atoms with van der Waals surface area (Å²) in [7, 11) is -3.72. The van der Waals surface area contributed by atoms with Gasteiger partial charge in [0.05, 0.1) is 16.1 Å². The molecule has 0 unspecified atom stereocenters. The van der Waals surface area contributed by atoms with E-state index < -0.39 is 16.0 Å². The second-order valence-electron chi connectivity index (χ2n) is 4.84. The van der Waals surface area contributed by atoms with Gasteiger partial charge >= 0.3 is 5.97 Å². The van der Waals surface area contributed by atoms with Crippen molar-refractivity contribution in [1.82, 2.24) is 0 Å². The summed E-state index contributed by atoms with van der Waals surface area (Å²) in [6, 6.07) is 12.4. The standard InChI is InChI=1S/C16H17NO4S/c1-3-17(14-6-4-5-12(2)11-14)22(20,21)15-9-7-13(8-10-15)16(18)19/h4-11H,3H2,1-2H3,(H,18,19). The molecule has 2 rings (SSSR count). The molecular weight excluding hydrogens is 302 g/mol. The summed E-state index contributed by atoms with van der Waals surface area (Å²) in [5.74, 6) is -1.09. The molecule has 0 aliphatic rings. The van der Waals surface area contributed by atoms with E-state index in [2.05, 4.69) is 0 Å². The highest BCUT2D eigenvalue weighted by Gasteiger charge is 2.23. The van der Waals surface area contributed by atoms with Crippen LogP contribution in [-0.2, 0) is 10.0 Å². The Kier molecular flexibility index (Phi) is 4.51. The van der Waals surface area contributed by atoms with Crippen molar-refractivity contribution in [2.24, 2.45) is 0 Å². The van der Waals surface area contributed by atoms with Gasteiger partial charge in [0.1, 0.15) is 0 Å². The van der Waals surface area contributed by atoms with E-state index in [0.29, 0.717) is 5.69 Å². The Morgan fingerprint density at radius 1 is 1.14 bits per heavy atom. The van der Waals surface area contributed by atoms with Gasteiger partial charge in [-0.15, -0.1) is 0 Å². The van der Waals surface area contributed by atoms with Crippen LogP contribution in [0.25, 0.3) is 0 Å². The summed E-state index contributed by atoms with van der Waals surface area (Å²) in [6.45, 7) is 3.93. The van der Waals surface area contributed by atoms with Gasteiger partial charge in [0, 0.05) is 6.54 Å². The van der Waals surface area contributed by atoms with E-state index in [-0.39, 0.29) is 17.0 Å². The summed E-state index contributed by atoms with van der Waals surface area (Å²) >= 11 is 0. The number of aryl methyl sites for hydroxylation is 1. The number of hydrogen-bond donors (Lipinski definition) is 1. The molecule has 0 aliphatic carbocycles. The SMILES string of the molecule is CCN(c1cccc(C)c1)S(=O)(=O)c1ccc(C(=O)O)cc1. The fraction of sp³-hybridized carbons (Fsp3) is 0.188. The van der Waals surface area contributed by atoms with Gasteiger partial charge in [-0.25, -0.2) is 13.2 Å². The summed E-state index contributed by atoms with van der Waals surface area (Å²) in [6.07, 6.45) is 0. The topological polar surface area (TPSA) is 74.7 Å². The molecular formula is C16H17NO4S. The Morgan fingerprint density at radius 2 is 1.77 bits per heavy atom. The number of hydrogen-bond acceptors (Lipinski definition) is 3. The first-order valence-electron chi connectivity index (χ1n) is 6.79. The molecule has 0 spiro atoms. The first kappa shape index (κ1) is 16.0. The highest BCUT2D eigenvalue weighted by atomic mass is 32.2. The van der Waals surface area contributed by atoms with Gasteiger partial charge in [0.15, 0.2) is 0 Å². The third kappa shape index (κ3) is 3.12. The number of rotatable bonds is 5. The maximum Gasteiger partial charge on any atom is 0.335 e. The third-order valence-electron chi connectivity index (χ3n) is 3.27. The summed E-state index contributed by atoms with van der Waals surface area (Å²) in [5.41, 5.74) is 1.61. The van der Waals surface area contributed by atoms with Gasteiger partial charge in [-0.05, 0) is 55.8 Å². The molecule has 1 N–H and O–H groups in total. The van der Waals surface area contributed by atoms with Crippen LogP contribution in [-0.4, -0.2) is 26.0 Å². The average molecular weight is 319 g/mol. The maximum atomic E-state index is 12.7. The number of benzene rings is 2. The maximum absolute atomic E-state index is 12.7. The van der Waals surface area contributed by atoms with Gasteiger partial charge in [-0.3, -0.25) is 4.31 Å². The predicted octanol–water partition coefficient (Wildman–Crippen LogP) is 2.91. The fourth-order valence-electron chi connectivity index (χ4n) is 2.17. The van der Waals surface area contributed by atoms with Crippen molar-refractivity contribution in [3.05, 3.63) is 59.7 Å². The van der Waals surface area contributed by atoms with E-state index in [0.717, 1.165) is 5.56 Å². The van der Waals surface area contributed by atoms with E-state index >= 15 is 0 Å². The summed E-state index contributed by atoms with van der Waals surface area (Å²) in [4.78, 5) is 10.9. The number of carboxylic acids is 1. The lowest BCUT2D eigenvalue weighted by molar-refractivity contribution is 0.0696. The zero-order valence-electron chi connectivity index (χ0n) is 12.4. The number of nitrogens with zero attached hydrogens (tertiary/aromatic N) is 1. The fourth-order valence-corrected chi connectivity index (χ4v) is 3.64. The second kappa shape index (κ2) is 6.19. The Bertz CT molecular complexity index is 782. The van der Waals surface area contributed by atoms with Crippen molar-refractivity contribution >= 4 is 21.7 Å². The molecule has 0 fully saturated rings. The summed E-state index contributed by atoms with van der Waals surface area (Å²) in [5, 5.41) is 8.88. The largest absolute Gasteiger partial charge is 0.478 e. The molecule has 6 heteroatoms. The third-order valence-corrected chi connectivity index (χ3v) is 5.18. The lowest BCUT2D eigenvalue weighted by atomic mass is 10.2. The molecule has 0 saturated heterocycles. The van der Waals surface area contributed by atoms with Crippen LogP contribution in [0.2, 0.25) is 0 Å². The van der Waals surface area contributed by atoms with Crippen molar-refractivity contribution in [3.63, 3.8) is 0 Å². The van der Waals surface area contributed by atoms with Crippen LogP contribution in [0.3, 0.4) is 0 Å². The molecule has 116 valence electrons. The van der Waals surface area contributed by atoms with Crippen molar-refractivity contribution in [1.29, 1.82) is 0 Å². The molecule has 0 bridgehead atoms. The van der Waals surface area contributed by atoms with Gasteiger partial charge in [-0.2, -0.15) is 0 Å². The Morgan fingerprint density at radius 3 is 2.27 bits per heavy atom. The minimum atomic E-state index is -3.72. The second-order valence-corrected chi connectivity index (χ2v) is 6.70. The van der Waals surface area contributed by atoms with Crippen molar-refractivity contribution < 1.29 is 18.3 Å². The molecule has 0 aliphatic heterocycles. The zero-order valence-corrected chi connectivity index (χ0v) is 13.2. The molecule has 0 saturated carbocycles. The lowest BCUT2D eigenvalue weighted by Gasteiger charge is -2.23. The highest BCUT2D eigenvalue weighted by molar-refractivity contribution is 7.92. The highest BCUT2D eigenvalue weighted by Crippen LogP contribution is 2.24. The minimum Gasteiger partial charge on any atom is -0.478 e. The molecule has 2 aromatic rings. The molecule has 0 heterocycles.